The van der Waals surface area contributed by atoms with E-state index in [0.717, 1.165) is 23.5 Å². The van der Waals surface area contributed by atoms with Gasteiger partial charge in [0.05, 0.1) is 5.69 Å². The van der Waals surface area contributed by atoms with E-state index in [0.29, 0.717) is 11.3 Å². The monoisotopic (exact) mass is 340 g/mol. The number of esters is 1. The largest absolute Gasteiger partial charge is 0.453 e. The smallest absolute Gasteiger partial charge is 0.306 e. The number of anilines is 1. The number of nitrogens with zero attached hydrogens (tertiary/aromatic N) is 1. The minimum atomic E-state index is -0.971. The van der Waals surface area contributed by atoms with Crippen molar-refractivity contribution >= 4 is 28.3 Å². The van der Waals surface area contributed by atoms with Crippen LogP contribution in [0.15, 0.2) is 23.6 Å². The van der Waals surface area contributed by atoms with Gasteiger partial charge in [0.1, 0.15) is 0 Å². The summed E-state index contributed by atoms with van der Waals surface area (Å²) in [6, 6.07) is 3.43. The van der Waals surface area contributed by atoms with Crippen LogP contribution in [0, 0.1) is 11.6 Å². The van der Waals surface area contributed by atoms with Gasteiger partial charge in [0, 0.05) is 17.4 Å². The molecule has 0 fully saturated rings. The molecule has 122 valence electrons. The van der Waals surface area contributed by atoms with Crippen molar-refractivity contribution in [3.05, 3.63) is 35.2 Å². The minimum Gasteiger partial charge on any atom is -0.453 e. The Kier molecular flexibility index (Phi) is 5.38. The van der Waals surface area contributed by atoms with E-state index in [1.807, 2.05) is 0 Å². The number of halogens is 2. The van der Waals surface area contributed by atoms with Crippen molar-refractivity contribution in [1.82, 2.24) is 4.98 Å². The standard InChI is InChI=1S/C15H14F2N2O3S/c1-3-13(20)22-8(2)14(21)19-15-18-12(7-23-15)9-4-5-10(16)11(17)6-9/h4-8H,3H2,1-2H3,(H,18,19,21)/t8-/m1/s1. The molecule has 0 saturated carbocycles. The Morgan fingerprint density at radius 2 is 2.09 bits per heavy atom. The first kappa shape index (κ1) is 17.0. The topological polar surface area (TPSA) is 68.3 Å². The molecule has 1 aromatic carbocycles. The van der Waals surface area contributed by atoms with Crippen molar-refractivity contribution in [1.29, 1.82) is 0 Å². The number of thiazole rings is 1. The van der Waals surface area contributed by atoms with Crippen molar-refractivity contribution in [2.24, 2.45) is 0 Å². The van der Waals surface area contributed by atoms with Gasteiger partial charge in [-0.1, -0.05) is 6.92 Å². The van der Waals surface area contributed by atoms with E-state index in [9.17, 15) is 18.4 Å². The van der Waals surface area contributed by atoms with Crippen molar-refractivity contribution in [2.75, 3.05) is 5.32 Å². The van der Waals surface area contributed by atoms with Crippen LogP contribution in [0.5, 0.6) is 0 Å². The molecule has 1 N–H and O–H groups in total. The van der Waals surface area contributed by atoms with Gasteiger partial charge < -0.3 is 4.74 Å². The number of hydrogen-bond donors (Lipinski definition) is 1. The van der Waals surface area contributed by atoms with Gasteiger partial charge in [-0.2, -0.15) is 0 Å². The molecule has 1 aromatic heterocycles. The van der Waals surface area contributed by atoms with Crippen LogP contribution < -0.4 is 5.32 Å². The summed E-state index contributed by atoms with van der Waals surface area (Å²) in [7, 11) is 0. The Labute approximate surface area is 135 Å². The lowest BCUT2D eigenvalue weighted by atomic mass is 10.2. The van der Waals surface area contributed by atoms with Crippen LogP contribution in [-0.2, 0) is 14.3 Å². The maximum atomic E-state index is 13.2. The van der Waals surface area contributed by atoms with Gasteiger partial charge in [0.25, 0.3) is 5.91 Å². The number of rotatable bonds is 5. The Morgan fingerprint density at radius 1 is 1.35 bits per heavy atom. The van der Waals surface area contributed by atoms with Crippen LogP contribution in [0.2, 0.25) is 0 Å². The summed E-state index contributed by atoms with van der Waals surface area (Å²) in [5, 5.41) is 4.39. The number of ether oxygens (including phenoxy) is 1. The van der Waals surface area contributed by atoms with Gasteiger partial charge in [-0.05, 0) is 25.1 Å². The zero-order chi connectivity index (χ0) is 17.0. The molecule has 8 heteroatoms. The maximum Gasteiger partial charge on any atom is 0.306 e. The summed E-state index contributed by atoms with van der Waals surface area (Å²) in [6.07, 6.45) is -0.770. The van der Waals surface area contributed by atoms with Gasteiger partial charge in [0.15, 0.2) is 22.9 Å². The summed E-state index contributed by atoms with van der Waals surface area (Å²) >= 11 is 1.13. The van der Waals surface area contributed by atoms with E-state index in [2.05, 4.69) is 10.3 Å². The Hall–Kier alpha value is -2.35. The fourth-order valence-electron chi connectivity index (χ4n) is 1.66. The number of nitrogens with one attached hydrogen (secondary N) is 1. The third-order valence-corrected chi connectivity index (χ3v) is 3.67. The van der Waals surface area contributed by atoms with Crippen LogP contribution in [-0.4, -0.2) is 23.0 Å². The number of hydrogen-bond acceptors (Lipinski definition) is 5. The fourth-order valence-corrected chi connectivity index (χ4v) is 2.38. The van der Waals surface area contributed by atoms with Gasteiger partial charge in [0.2, 0.25) is 0 Å². The third kappa shape index (κ3) is 4.32. The van der Waals surface area contributed by atoms with E-state index in [4.69, 9.17) is 4.74 Å². The van der Waals surface area contributed by atoms with Gasteiger partial charge in [-0.15, -0.1) is 11.3 Å². The summed E-state index contributed by atoms with van der Waals surface area (Å²) in [6.45, 7) is 3.08. The lowest BCUT2D eigenvalue weighted by molar-refractivity contribution is -0.152. The second kappa shape index (κ2) is 7.28. The van der Waals surface area contributed by atoms with Crippen LogP contribution in [0.3, 0.4) is 0 Å². The number of benzene rings is 1. The molecule has 23 heavy (non-hydrogen) atoms. The first-order chi connectivity index (χ1) is 10.9. The van der Waals surface area contributed by atoms with Gasteiger partial charge in [-0.25, -0.2) is 13.8 Å². The van der Waals surface area contributed by atoms with Gasteiger partial charge >= 0.3 is 5.97 Å². The molecule has 0 radical (unpaired) electrons. The third-order valence-electron chi connectivity index (χ3n) is 2.92. The Balaban J connectivity index is 2.06. The Morgan fingerprint density at radius 3 is 2.74 bits per heavy atom. The van der Waals surface area contributed by atoms with Crippen LogP contribution in [0.25, 0.3) is 11.3 Å². The second-order valence-corrected chi connectivity index (χ2v) is 5.50. The highest BCUT2D eigenvalue weighted by Gasteiger charge is 2.18. The fraction of sp³-hybridized carbons (Fsp3) is 0.267. The Bertz CT molecular complexity index is 733. The van der Waals surface area contributed by atoms with E-state index >= 15 is 0 Å². The number of amides is 1. The van der Waals surface area contributed by atoms with Crippen molar-refractivity contribution in [3.8, 4) is 11.3 Å². The lowest BCUT2D eigenvalue weighted by Gasteiger charge is -2.11. The summed E-state index contributed by atoms with van der Waals surface area (Å²) in [5.74, 6) is -2.91. The summed E-state index contributed by atoms with van der Waals surface area (Å²) in [5.41, 5.74) is 0.800. The molecule has 2 aromatic rings. The number of carbonyl (C=O) groups is 2. The van der Waals surface area contributed by atoms with E-state index in [-0.39, 0.29) is 11.6 Å². The predicted octanol–water partition coefficient (Wildman–Crippen LogP) is 3.37. The zero-order valence-corrected chi connectivity index (χ0v) is 13.2. The van der Waals surface area contributed by atoms with Crippen LogP contribution >= 0.6 is 11.3 Å². The first-order valence-electron chi connectivity index (χ1n) is 6.82. The molecule has 0 aliphatic carbocycles. The molecule has 0 aliphatic rings. The van der Waals surface area contributed by atoms with Crippen molar-refractivity contribution in [2.45, 2.75) is 26.4 Å². The molecule has 1 amide bonds. The molecule has 0 bridgehead atoms. The molecule has 0 aliphatic heterocycles. The lowest BCUT2D eigenvalue weighted by Crippen LogP contribution is -2.29. The molecule has 1 atom stereocenters. The molecule has 5 nitrogen and oxygen atoms in total. The molecule has 1 heterocycles. The highest BCUT2D eigenvalue weighted by molar-refractivity contribution is 7.14. The highest BCUT2D eigenvalue weighted by atomic mass is 32.1. The van der Waals surface area contributed by atoms with Crippen LogP contribution in [0.4, 0.5) is 13.9 Å². The molecule has 2 rings (SSSR count). The number of aromatic nitrogens is 1. The second-order valence-electron chi connectivity index (χ2n) is 4.64. The van der Waals surface area contributed by atoms with Crippen molar-refractivity contribution in [3.63, 3.8) is 0 Å². The van der Waals surface area contributed by atoms with E-state index in [1.54, 1.807) is 12.3 Å². The quantitative estimate of drug-likeness (QED) is 0.848. The minimum absolute atomic E-state index is 0.176. The average Bonchev–Trinajstić information content (AvgIpc) is 2.98. The SMILES string of the molecule is CCC(=O)O[C@H](C)C(=O)Nc1nc(-c2ccc(F)c(F)c2)cs1. The molecule has 0 unspecified atom stereocenters. The molecule has 0 saturated heterocycles. The van der Waals surface area contributed by atoms with Gasteiger partial charge in [-0.3, -0.25) is 14.9 Å². The van der Waals surface area contributed by atoms with Crippen LogP contribution in [0.1, 0.15) is 20.3 Å². The average molecular weight is 340 g/mol. The maximum absolute atomic E-state index is 13.2. The highest BCUT2D eigenvalue weighted by Crippen LogP contribution is 2.26. The van der Waals surface area contributed by atoms with Crippen molar-refractivity contribution < 1.29 is 23.1 Å². The summed E-state index contributed by atoms with van der Waals surface area (Å²) < 4.78 is 31.0. The molecular weight excluding hydrogens is 326 g/mol. The number of carbonyl (C=O) groups excluding carboxylic acids is 2. The molecular formula is C15H14F2N2O3S. The molecule has 0 spiro atoms. The first-order valence-corrected chi connectivity index (χ1v) is 7.70. The van der Waals surface area contributed by atoms with E-state index < -0.39 is 29.6 Å². The van der Waals surface area contributed by atoms with E-state index in [1.165, 1.54) is 13.0 Å². The zero-order valence-electron chi connectivity index (χ0n) is 12.4. The summed E-state index contributed by atoms with van der Waals surface area (Å²) in [4.78, 5) is 27.2. The normalized spacial score (nSPS) is 11.8. The predicted molar refractivity (Wildman–Crippen MR) is 81.9 cm³/mol.